The maximum absolute atomic E-state index is 12.5. The molecule has 1 aliphatic heterocycles. The fourth-order valence-corrected chi connectivity index (χ4v) is 4.23. The number of sulfonamides is 1. The third-order valence-electron chi connectivity index (χ3n) is 4.58. The van der Waals surface area contributed by atoms with Gasteiger partial charge in [0.05, 0.1) is 17.5 Å². The number of ether oxygens (including phenoxy) is 1. The molecule has 1 aromatic rings. The molecule has 10 nitrogen and oxygen atoms in total. The largest absolute Gasteiger partial charge is 0.450 e. The highest BCUT2D eigenvalue weighted by Crippen LogP contribution is 2.15. The van der Waals surface area contributed by atoms with Crippen molar-refractivity contribution in [2.75, 3.05) is 25.0 Å². The number of carbonyl (C=O) groups excluding carboxylic acids is 3. The lowest BCUT2D eigenvalue weighted by molar-refractivity contribution is -0.123. The highest BCUT2D eigenvalue weighted by atomic mass is 32.2. The second-order valence-electron chi connectivity index (χ2n) is 7.02. The van der Waals surface area contributed by atoms with Gasteiger partial charge in [-0.3, -0.25) is 9.59 Å². The lowest BCUT2D eigenvalue weighted by Gasteiger charge is -2.32. The zero-order valence-electron chi connectivity index (χ0n) is 17.3. The van der Waals surface area contributed by atoms with Crippen molar-refractivity contribution < 1.29 is 27.5 Å². The number of nitrogens with zero attached hydrogens (tertiary/aromatic N) is 1. The Morgan fingerprint density at radius 3 is 2.30 bits per heavy atom. The van der Waals surface area contributed by atoms with Gasteiger partial charge in [0, 0.05) is 31.7 Å². The number of rotatable bonds is 7. The summed E-state index contributed by atoms with van der Waals surface area (Å²) in [5.41, 5.74) is 0.474. The van der Waals surface area contributed by atoms with Crippen molar-refractivity contribution in [2.24, 2.45) is 0 Å². The van der Waals surface area contributed by atoms with Gasteiger partial charge in [-0.25, -0.2) is 13.2 Å². The Morgan fingerprint density at radius 2 is 1.77 bits per heavy atom. The van der Waals surface area contributed by atoms with Crippen LogP contribution in [0.3, 0.4) is 0 Å². The first-order valence-electron chi connectivity index (χ1n) is 9.74. The van der Waals surface area contributed by atoms with Gasteiger partial charge in [0.1, 0.15) is 0 Å². The summed E-state index contributed by atoms with van der Waals surface area (Å²) in [6, 6.07) is 4.52. The first-order valence-corrected chi connectivity index (χ1v) is 11.2. The Morgan fingerprint density at radius 1 is 1.17 bits per heavy atom. The Balaban J connectivity index is 1.87. The van der Waals surface area contributed by atoms with Gasteiger partial charge < -0.3 is 20.3 Å². The van der Waals surface area contributed by atoms with Crippen LogP contribution in [-0.2, 0) is 24.3 Å². The Hall–Kier alpha value is -2.66. The number of nitrogens with one attached hydrogen (secondary N) is 3. The Kier molecular flexibility index (Phi) is 8.18. The van der Waals surface area contributed by atoms with Crippen LogP contribution in [0.5, 0.6) is 0 Å². The SMILES string of the molecule is CCOC(=O)N1CCC(NC(=O)[C@H](C)NS(=O)(=O)c2ccc(NC(C)=O)cc2)CC1. The van der Waals surface area contributed by atoms with Gasteiger partial charge in [-0.1, -0.05) is 0 Å². The maximum Gasteiger partial charge on any atom is 0.409 e. The fraction of sp³-hybridized carbons (Fsp3) is 0.526. The summed E-state index contributed by atoms with van der Waals surface area (Å²) in [6.07, 6.45) is 0.761. The molecule has 0 saturated carbocycles. The van der Waals surface area contributed by atoms with E-state index >= 15 is 0 Å². The van der Waals surface area contributed by atoms with Crippen molar-refractivity contribution in [3.8, 4) is 0 Å². The molecule has 0 unspecified atom stereocenters. The number of likely N-dealkylation sites (tertiary alicyclic amines) is 1. The topological polar surface area (TPSA) is 134 Å². The number of hydrogen-bond donors (Lipinski definition) is 3. The third kappa shape index (κ3) is 6.70. The molecule has 0 bridgehead atoms. The van der Waals surface area contributed by atoms with Crippen LogP contribution in [0.25, 0.3) is 0 Å². The normalized spacial score (nSPS) is 15.9. The van der Waals surface area contributed by atoms with Gasteiger partial charge in [0.25, 0.3) is 0 Å². The molecule has 1 aromatic carbocycles. The molecule has 1 fully saturated rings. The molecule has 0 spiro atoms. The second kappa shape index (κ2) is 10.4. The lowest BCUT2D eigenvalue weighted by Crippen LogP contribution is -2.51. The van der Waals surface area contributed by atoms with E-state index in [1.165, 1.54) is 38.1 Å². The predicted octanol–water partition coefficient (Wildman–Crippen LogP) is 1.05. The third-order valence-corrected chi connectivity index (χ3v) is 6.13. The van der Waals surface area contributed by atoms with E-state index in [0.717, 1.165) is 0 Å². The highest BCUT2D eigenvalue weighted by Gasteiger charge is 2.27. The average molecular weight is 441 g/mol. The molecule has 2 rings (SSSR count). The zero-order valence-corrected chi connectivity index (χ0v) is 18.1. The van der Waals surface area contributed by atoms with Crippen molar-refractivity contribution >= 4 is 33.6 Å². The quantitative estimate of drug-likeness (QED) is 0.580. The van der Waals surface area contributed by atoms with E-state index in [0.29, 0.717) is 38.2 Å². The number of piperidine rings is 1. The minimum atomic E-state index is -3.91. The van der Waals surface area contributed by atoms with Crippen molar-refractivity contribution in [1.82, 2.24) is 14.9 Å². The molecular weight excluding hydrogens is 412 g/mol. The van der Waals surface area contributed by atoms with Crippen LogP contribution in [-0.4, -0.2) is 63.0 Å². The van der Waals surface area contributed by atoms with E-state index in [2.05, 4.69) is 15.4 Å². The van der Waals surface area contributed by atoms with E-state index in [-0.39, 0.29) is 22.9 Å². The summed E-state index contributed by atoms with van der Waals surface area (Å²) in [4.78, 5) is 36.8. The lowest BCUT2D eigenvalue weighted by atomic mass is 10.1. The molecule has 1 aliphatic rings. The van der Waals surface area contributed by atoms with Gasteiger partial charge in [-0.15, -0.1) is 0 Å². The average Bonchev–Trinajstić information content (AvgIpc) is 2.68. The first-order chi connectivity index (χ1) is 14.1. The highest BCUT2D eigenvalue weighted by molar-refractivity contribution is 7.89. The molecule has 0 aliphatic carbocycles. The number of hydrogen-bond acceptors (Lipinski definition) is 6. The number of anilines is 1. The van der Waals surface area contributed by atoms with Crippen LogP contribution in [0.15, 0.2) is 29.2 Å². The fourth-order valence-electron chi connectivity index (χ4n) is 3.02. The van der Waals surface area contributed by atoms with Crippen LogP contribution in [0.2, 0.25) is 0 Å². The van der Waals surface area contributed by atoms with Crippen LogP contribution in [0.1, 0.15) is 33.6 Å². The minimum absolute atomic E-state index is 0.0148. The maximum atomic E-state index is 12.5. The van der Waals surface area contributed by atoms with E-state index in [9.17, 15) is 22.8 Å². The van der Waals surface area contributed by atoms with Gasteiger partial charge in [0.15, 0.2) is 0 Å². The van der Waals surface area contributed by atoms with Crippen molar-refractivity contribution in [1.29, 1.82) is 0 Å². The van der Waals surface area contributed by atoms with Crippen molar-refractivity contribution in [2.45, 2.75) is 50.6 Å². The Bertz CT molecular complexity index is 864. The number of amides is 3. The van der Waals surface area contributed by atoms with Crippen LogP contribution < -0.4 is 15.4 Å². The molecule has 0 radical (unpaired) electrons. The second-order valence-corrected chi connectivity index (χ2v) is 8.73. The monoisotopic (exact) mass is 440 g/mol. The van der Waals surface area contributed by atoms with Crippen LogP contribution >= 0.6 is 0 Å². The molecule has 1 heterocycles. The van der Waals surface area contributed by atoms with Gasteiger partial charge >= 0.3 is 6.09 Å². The summed E-state index contributed by atoms with van der Waals surface area (Å²) in [6.45, 7) is 5.79. The Labute approximate surface area is 176 Å². The predicted molar refractivity (Wildman–Crippen MR) is 110 cm³/mol. The molecule has 30 heavy (non-hydrogen) atoms. The smallest absolute Gasteiger partial charge is 0.409 e. The van der Waals surface area contributed by atoms with Crippen LogP contribution in [0, 0.1) is 0 Å². The first kappa shape index (κ1) is 23.6. The standard InChI is InChI=1S/C19H28N4O6S/c1-4-29-19(26)23-11-9-16(10-12-23)21-18(25)13(2)22-30(27,28)17-7-5-15(6-8-17)20-14(3)24/h5-8,13,16,22H,4,9-12H2,1-3H3,(H,20,24)(H,21,25)/t13-/m0/s1. The van der Waals surface area contributed by atoms with E-state index in [4.69, 9.17) is 4.74 Å². The van der Waals surface area contributed by atoms with Gasteiger partial charge in [-0.2, -0.15) is 4.72 Å². The molecular formula is C19H28N4O6S. The molecule has 0 aromatic heterocycles. The van der Waals surface area contributed by atoms with Crippen molar-refractivity contribution in [3.05, 3.63) is 24.3 Å². The van der Waals surface area contributed by atoms with E-state index in [1.807, 2.05) is 0 Å². The number of benzene rings is 1. The zero-order chi connectivity index (χ0) is 22.3. The van der Waals surface area contributed by atoms with Gasteiger partial charge in [0.2, 0.25) is 21.8 Å². The molecule has 166 valence electrons. The summed E-state index contributed by atoms with van der Waals surface area (Å²) in [5, 5.41) is 5.38. The van der Waals surface area contributed by atoms with E-state index < -0.39 is 22.0 Å². The minimum Gasteiger partial charge on any atom is -0.450 e. The van der Waals surface area contributed by atoms with E-state index in [1.54, 1.807) is 11.8 Å². The summed E-state index contributed by atoms with van der Waals surface area (Å²) < 4.78 is 32.3. The summed E-state index contributed by atoms with van der Waals surface area (Å²) >= 11 is 0. The van der Waals surface area contributed by atoms with Crippen LogP contribution in [0.4, 0.5) is 10.5 Å². The molecule has 3 N–H and O–H groups in total. The number of carbonyl (C=O) groups is 3. The molecule has 11 heteroatoms. The summed E-state index contributed by atoms with van der Waals surface area (Å²) in [7, 11) is -3.91. The summed E-state index contributed by atoms with van der Waals surface area (Å²) in [5.74, 6) is -0.704. The molecule has 1 atom stereocenters. The van der Waals surface area contributed by atoms with Crippen molar-refractivity contribution in [3.63, 3.8) is 0 Å². The molecule has 1 saturated heterocycles. The van der Waals surface area contributed by atoms with Gasteiger partial charge in [-0.05, 0) is 51.0 Å². The molecule has 3 amide bonds.